The van der Waals surface area contributed by atoms with E-state index in [-0.39, 0.29) is 68.4 Å². The second kappa shape index (κ2) is 17.7. The molecule has 4 heteroatoms. The zero-order valence-corrected chi connectivity index (χ0v) is 6.95. The molecule has 0 aliphatic heterocycles. The zero-order chi connectivity index (χ0) is 2.71. The van der Waals surface area contributed by atoms with Crippen LogP contribution in [0.3, 0.4) is 0 Å². The fourth-order valence-electron chi connectivity index (χ4n) is 0. The van der Waals surface area contributed by atoms with Crippen LogP contribution in [0.25, 0.3) is 0 Å². The molecule has 0 saturated carbocycles. The molecule has 1 nitrogen and oxygen atoms in total. The fraction of sp³-hybridized carbons (Fsp3) is 0. The Hall–Kier alpha value is 1.55. The summed E-state index contributed by atoms with van der Waals surface area (Å²) < 4.78 is 0. The van der Waals surface area contributed by atoms with Crippen LogP contribution < -0.4 is 59.1 Å². The molecule has 0 rings (SSSR count). The molecule has 0 fully saturated rings. The number of hydrogen-bond donors (Lipinski definition) is 0. The first-order valence-corrected chi connectivity index (χ1v) is 0.224. The quantitative estimate of drug-likeness (QED) is 0.269. The van der Waals surface area contributed by atoms with Gasteiger partial charge in [-0.25, -0.2) is 0 Å². The maximum Gasteiger partial charge on any atom is 1.00 e. The predicted molar refractivity (Wildman–Crippen MR) is 16.7 cm³/mol. The maximum absolute atomic E-state index is 7.43. The van der Waals surface area contributed by atoms with Crippen LogP contribution in [0.5, 0.6) is 0 Å². The van der Waals surface area contributed by atoms with Crippen molar-refractivity contribution in [2.45, 2.75) is 0 Å². The molecular formula is CH4BNNa2. The van der Waals surface area contributed by atoms with Gasteiger partial charge in [0.25, 0.3) is 0 Å². The molecule has 0 aliphatic rings. The predicted octanol–water partition coefficient (Wildman–Crippen LogP) is -7.05. The smallest absolute Gasteiger partial charge is 1.00 e. The number of hydrogen-bond acceptors (Lipinski definition) is 1. The van der Waals surface area contributed by atoms with Crippen LogP contribution in [0.1, 0.15) is 1.43 Å². The fourth-order valence-corrected chi connectivity index (χ4v) is 0. The van der Waals surface area contributed by atoms with E-state index in [9.17, 15) is 0 Å². The van der Waals surface area contributed by atoms with Crippen molar-refractivity contribution in [3.8, 4) is 5.97 Å². The van der Waals surface area contributed by atoms with E-state index in [1.165, 1.54) is 0 Å². The van der Waals surface area contributed by atoms with Crippen molar-refractivity contribution >= 4 is 7.85 Å². The molecule has 18 valence electrons. The Labute approximate surface area is 78.6 Å². The molecule has 0 unspecified atom stereocenters. The van der Waals surface area contributed by atoms with Crippen molar-refractivity contribution in [2.24, 2.45) is 0 Å². The van der Waals surface area contributed by atoms with E-state index in [0.29, 0.717) is 0 Å². The topological polar surface area (TPSA) is 23.8 Å². The van der Waals surface area contributed by atoms with Crippen LogP contribution in [0, 0.1) is 11.2 Å². The van der Waals surface area contributed by atoms with Gasteiger partial charge in [0.1, 0.15) is 0 Å². The summed E-state index contributed by atoms with van der Waals surface area (Å²) in [4.78, 5) is 0. The standard InChI is InChI=1S/CH3BN.2Na.H/c2-1-3;;;/h2H3;;;/q-1;2*+1;-1. The molecule has 0 radical (unpaired) electrons. The minimum atomic E-state index is 0. The molecule has 0 bridgehead atoms. The molecule has 0 amide bonds. The Kier molecular flexibility index (Phi) is 56.5. The second-order valence-corrected chi connectivity index (χ2v) is 0. The minimum absolute atomic E-state index is 0. The van der Waals surface area contributed by atoms with E-state index in [1.807, 2.05) is 5.97 Å². The van der Waals surface area contributed by atoms with E-state index in [0.717, 1.165) is 0 Å². The van der Waals surface area contributed by atoms with Crippen molar-refractivity contribution < 1.29 is 60.5 Å². The number of rotatable bonds is 0. The first-order valence-electron chi connectivity index (χ1n) is 0.224. The van der Waals surface area contributed by atoms with Gasteiger partial charge in [-0.15, -0.1) is 0 Å². The molecule has 0 spiro atoms. The van der Waals surface area contributed by atoms with E-state index >= 15 is 0 Å². The Balaban J connectivity index is -0.00000000667. The summed E-state index contributed by atoms with van der Waals surface area (Å²) >= 11 is 0. The van der Waals surface area contributed by atoms with E-state index in [1.54, 1.807) is 0 Å². The van der Waals surface area contributed by atoms with Crippen molar-refractivity contribution in [1.29, 1.82) is 5.26 Å². The van der Waals surface area contributed by atoms with Gasteiger partial charge < -0.3 is 1.43 Å². The molecule has 0 aliphatic carbocycles. The average molecular weight is 86.8 g/mol. The molecular weight excluding hydrogens is 82.8 g/mol. The van der Waals surface area contributed by atoms with Gasteiger partial charge in [0.2, 0.25) is 0 Å². The Morgan fingerprint density at radius 3 is 1.60 bits per heavy atom. The van der Waals surface area contributed by atoms with Gasteiger partial charge in [-0.3, -0.25) is 5.26 Å². The summed E-state index contributed by atoms with van der Waals surface area (Å²) in [5.74, 6) is 2.00. The Bertz CT molecular complexity index is 35.0. The van der Waals surface area contributed by atoms with Crippen LogP contribution in [-0.2, 0) is 0 Å². The Morgan fingerprint density at radius 2 is 1.60 bits per heavy atom. The molecule has 0 aromatic carbocycles. The van der Waals surface area contributed by atoms with Crippen LogP contribution in [0.15, 0.2) is 0 Å². The summed E-state index contributed by atoms with van der Waals surface area (Å²) in [6.45, 7) is 0. The van der Waals surface area contributed by atoms with Crippen LogP contribution in [0.2, 0.25) is 0 Å². The maximum atomic E-state index is 7.43. The Morgan fingerprint density at radius 1 is 1.60 bits per heavy atom. The van der Waals surface area contributed by atoms with Gasteiger partial charge in [-0.2, -0.15) is 5.97 Å². The molecule has 0 heterocycles. The summed E-state index contributed by atoms with van der Waals surface area (Å²) in [6, 6.07) is 0. The summed E-state index contributed by atoms with van der Waals surface area (Å²) in [5, 5.41) is 7.43. The third-order valence-electron chi connectivity index (χ3n) is 0. The van der Waals surface area contributed by atoms with Crippen LogP contribution >= 0.6 is 0 Å². The molecule has 0 saturated heterocycles. The van der Waals surface area contributed by atoms with Crippen LogP contribution in [0.4, 0.5) is 0 Å². The molecule has 5 heavy (non-hydrogen) atoms. The first kappa shape index (κ1) is 16.0. The normalized spacial score (nSPS) is 1.60. The zero-order valence-electron chi connectivity index (χ0n) is 3.95. The number of nitrogens with zero attached hydrogens (tertiary/aromatic N) is 1. The first-order chi connectivity index (χ1) is 1.41. The molecule has 0 atom stereocenters. The average Bonchev–Trinajstić information content (AvgIpc) is 0.918. The summed E-state index contributed by atoms with van der Waals surface area (Å²) in [5.41, 5.74) is 0. The van der Waals surface area contributed by atoms with Gasteiger partial charge in [-0.05, 0) is 0 Å². The van der Waals surface area contributed by atoms with E-state index in [2.05, 4.69) is 0 Å². The largest absolute Gasteiger partial charge is 1.00 e. The molecule has 0 N–H and O–H groups in total. The number of nitriles is 1. The van der Waals surface area contributed by atoms with Gasteiger partial charge in [-0.1, -0.05) is 0 Å². The van der Waals surface area contributed by atoms with Gasteiger partial charge in [0, 0.05) is 0 Å². The van der Waals surface area contributed by atoms with Crippen molar-refractivity contribution in [2.75, 3.05) is 0 Å². The minimum Gasteiger partial charge on any atom is -1.00 e. The van der Waals surface area contributed by atoms with Crippen LogP contribution in [-0.4, -0.2) is 7.85 Å². The van der Waals surface area contributed by atoms with E-state index in [4.69, 9.17) is 5.26 Å². The second-order valence-electron chi connectivity index (χ2n) is 0. The summed E-state index contributed by atoms with van der Waals surface area (Å²) in [6.07, 6.45) is 0. The summed E-state index contributed by atoms with van der Waals surface area (Å²) in [7, 11) is 0.0694. The van der Waals surface area contributed by atoms with Gasteiger partial charge in [0.05, 0.1) is 7.85 Å². The van der Waals surface area contributed by atoms with Crippen molar-refractivity contribution in [3.05, 3.63) is 0 Å². The third-order valence-corrected chi connectivity index (χ3v) is 0. The third kappa shape index (κ3) is 29.0. The van der Waals surface area contributed by atoms with E-state index < -0.39 is 0 Å². The van der Waals surface area contributed by atoms with Crippen molar-refractivity contribution in [1.82, 2.24) is 0 Å². The SMILES string of the molecule is [BH3-]C#N.[H-].[Na+].[Na+]. The van der Waals surface area contributed by atoms with Crippen molar-refractivity contribution in [3.63, 3.8) is 0 Å². The molecule has 0 aromatic rings. The van der Waals surface area contributed by atoms with Gasteiger partial charge >= 0.3 is 59.1 Å². The van der Waals surface area contributed by atoms with Gasteiger partial charge in [0.15, 0.2) is 0 Å². The molecule has 0 aromatic heterocycles. The monoisotopic (exact) mass is 87.0 g/mol.